The molecule has 2 heterocycles. The highest BCUT2D eigenvalue weighted by molar-refractivity contribution is 7.11. The first kappa shape index (κ1) is 15.4. The van der Waals surface area contributed by atoms with Gasteiger partial charge in [-0.05, 0) is 31.5 Å². The van der Waals surface area contributed by atoms with E-state index < -0.39 is 0 Å². The summed E-state index contributed by atoms with van der Waals surface area (Å²) in [6.45, 7) is 5.72. The molecule has 0 saturated carbocycles. The van der Waals surface area contributed by atoms with Gasteiger partial charge in [0, 0.05) is 16.3 Å². The van der Waals surface area contributed by atoms with Crippen molar-refractivity contribution in [2.24, 2.45) is 0 Å². The summed E-state index contributed by atoms with van der Waals surface area (Å²) in [7, 11) is 0. The third kappa shape index (κ3) is 4.01. The number of nitrogens with one attached hydrogen (secondary N) is 2. The normalized spacial score (nSPS) is 10.6. The predicted molar refractivity (Wildman–Crippen MR) is 89.4 cm³/mol. The predicted octanol–water partition coefficient (Wildman–Crippen LogP) is 5.19. The minimum atomic E-state index is 0.533. The number of pyridine rings is 1. The fourth-order valence-electron chi connectivity index (χ4n) is 1.71. The van der Waals surface area contributed by atoms with Gasteiger partial charge in [-0.2, -0.15) is 0 Å². The largest absolute Gasteiger partial charge is 0.369 e. The van der Waals surface area contributed by atoms with Gasteiger partial charge in [0.05, 0.1) is 16.6 Å². The average Bonchev–Trinajstić information content (AvgIpc) is 2.82. The SMILES string of the molecule is CCCNc1nc(NCc2ccc(C)s2)c(Cl)cc1Cl. The molecule has 0 aliphatic heterocycles. The fraction of sp³-hybridized carbons (Fsp3) is 0.357. The van der Waals surface area contributed by atoms with Crippen LogP contribution in [0.4, 0.5) is 11.6 Å². The standard InChI is InChI=1S/C14H17Cl2N3S/c1-3-6-17-13-11(15)7-12(16)14(19-13)18-8-10-5-4-9(2)20-10/h4-5,7H,3,6,8H2,1-2H3,(H2,17,18,19). The van der Waals surface area contributed by atoms with E-state index in [9.17, 15) is 0 Å². The zero-order valence-electron chi connectivity index (χ0n) is 11.5. The number of rotatable bonds is 6. The fourth-order valence-corrected chi connectivity index (χ4v) is 3.03. The van der Waals surface area contributed by atoms with Crippen molar-refractivity contribution in [3.63, 3.8) is 0 Å². The van der Waals surface area contributed by atoms with Gasteiger partial charge in [0.25, 0.3) is 0 Å². The smallest absolute Gasteiger partial charge is 0.147 e. The van der Waals surface area contributed by atoms with Gasteiger partial charge in [0.15, 0.2) is 0 Å². The highest BCUT2D eigenvalue weighted by atomic mass is 35.5. The molecule has 0 radical (unpaired) electrons. The molecule has 6 heteroatoms. The Bertz CT molecular complexity index is 584. The van der Waals surface area contributed by atoms with E-state index in [-0.39, 0.29) is 0 Å². The molecule has 0 amide bonds. The number of aryl methyl sites for hydroxylation is 1. The Morgan fingerprint density at radius 1 is 1.15 bits per heavy atom. The van der Waals surface area contributed by atoms with E-state index in [1.807, 2.05) is 0 Å². The van der Waals surface area contributed by atoms with Gasteiger partial charge in [0.1, 0.15) is 11.6 Å². The molecule has 0 spiro atoms. The van der Waals surface area contributed by atoms with Crippen molar-refractivity contribution in [1.29, 1.82) is 0 Å². The number of nitrogens with zero attached hydrogens (tertiary/aromatic N) is 1. The quantitative estimate of drug-likeness (QED) is 0.765. The Balaban J connectivity index is 2.09. The van der Waals surface area contributed by atoms with E-state index >= 15 is 0 Å². The summed E-state index contributed by atoms with van der Waals surface area (Å²) in [5.41, 5.74) is 0. The van der Waals surface area contributed by atoms with Crippen LogP contribution >= 0.6 is 34.5 Å². The van der Waals surface area contributed by atoms with Crippen LogP contribution in [0.2, 0.25) is 10.0 Å². The molecule has 0 saturated heterocycles. The maximum Gasteiger partial charge on any atom is 0.147 e. The van der Waals surface area contributed by atoms with Gasteiger partial charge in [-0.25, -0.2) is 4.98 Å². The molecule has 0 atom stereocenters. The summed E-state index contributed by atoms with van der Waals surface area (Å²) in [4.78, 5) is 6.99. The van der Waals surface area contributed by atoms with Gasteiger partial charge in [-0.1, -0.05) is 30.1 Å². The van der Waals surface area contributed by atoms with Crippen LogP contribution in [0.1, 0.15) is 23.1 Å². The van der Waals surface area contributed by atoms with Crippen molar-refractivity contribution in [1.82, 2.24) is 4.98 Å². The average molecular weight is 330 g/mol. The molecule has 0 aromatic carbocycles. The van der Waals surface area contributed by atoms with E-state index in [1.54, 1.807) is 17.4 Å². The van der Waals surface area contributed by atoms with Gasteiger partial charge < -0.3 is 10.6 Å². The molecule has 2 N–H and O–H groups in total. The molecule has 0 bridgehead atoms. The first-order valence-electron chi connectivity index (χ1n) is 6.49. The highest BCUT2D eigenvalue weighted by Crippen LogP contribution is 2.29. The van der Waals surface area contributed by atoms with Crippen LogP contribution in [0.3, 0.4) is 0 Å². The van der Waals surface area contributed by atoms with Gasteiger partial charge in [-0.3, -0.25) is 0 Å². The lowest BCUT2D eigenvalue weighted by molar-refractivity contribution is 0.968. The second-order valence-corrected chi connectivity index (χ2v) is 6.63. The molecule has 2 aromatic rings. The summed E-state index contributed by atoms with van der Waals surface area (Å²) in [6.07, 6.45) is 1.01. The van der Waals surface area contributed by atoms with Crippen molar-refractivity contribution in [2.75, 3.05) is 17.2 Å². The van der Waals surface area contributed by atoms with Crippen molar-refractivity contribution in [3.05, 3.63) is 38.0 Å². The number of halogens is 2. The Kier molecular flexibility index (Phi) is 5.52. The molecular weight excluding hydrogens is 313 g/mol. The minimum absolute atomic E-state index is 0.533. The summed E-state index contributed by atoms with van der Waals surface area (Å²) < 4.78 is 0. The Morgan fingerprint density at radius 2 is 1.85 bits per heavy atom. The maximum atomic E-state index is 6.17. The topological polar surface area (TPSA) is 37.0 Å². The Labute approximate surface area is 133 Å². The van der Waals surface area contributed by atoms with Crippen LogP contribution in [0.15, 0.2) is 18.2 Å². The van der Waals surface area contributed by atoms with Crippen LogP contribution in [0.25, 0.3) is 0 Å². The molecule has 0 unspecified atom stereocenters. The first-order valence-corrected chi connectivity index (χ1v) is 8.06. The molecule has 2 aromatic heterocycles. The van der Waals surface area contributed by atoms with Crippen LogP contribution < -0.4 is 10.6 Å². The number of hydrogen-bond donors (Lipinski definition) is 2. The molecule has 0 aliphatic rings. The van der Waals surface area contributed by atoms with Crippen molar-refractivity contribution in [3.8, 4) is 0 Å². The second-order valence-electron chi connectivity index (χ2n) is 4.44. The highest BCUT2D eigenvalue weighted by Gasteiger charge is 2.09. The van der Waals surface area contributed by atoms with Crippen molar-refractivity contribution < 1.29 is 0 Å². The van der Waals surface area contributed by atoms with E-state index in [0.29, 0.717) is 28.2 Å². The number of thiophene rings is 1. The number of anilines is 2. The molecule has 3 nitrogen and oxygen atoms in total. The van der Waals surface area contributed by atoms with Crippen molar-refractivity contribution >= 4 is 46.2 Å². The lowest BCUT2D eigenvalue weighted by atomic mass is 10.4. The summed E-state index contributed by atoms with van der Waals surface area (Å²) in [6, 6.07) is 5.93. The zero-order chi connectivity index (χ0) is 14.5. The molecule has 108 valence electrons. The van der Waals surface area contributed by atoms with Crippen molar-refractivity contribution in [2.45, 2.75) is 26.8 Å². The second kappa shape index (κ2) is 7.16. The zero-order valence-corrected chi connectivity index (χ0v) is 13.8. The third-order valence-corrected chi connectivity index (χ3v) is 4.27. The number of aromatic nitrogens is 1. The van der Waals surface area contributed by atoms with Gasteiger partial charge >= 0.3 is 0 Å². The Morgan fingerprint density at radius 3 is 2.45 bits per heavy atom. The van der Waals surface area contributed by atoms with Gasteiger partial charge in [0.2, 0.25) is 0 Å². The van der Waals surface area contributed by atoms with E-state index in [1.165, 1.54) is 9.75 Å². The van der Waals surface area contributed by atoms with Crippen LogP contribution in [0, 0.1) is 6.92 Å². The summed E-state index contributed by atoms with van der Waals surface area (Å²) in [5, 5.41) is 7.52. The van der Waals surface area contributed by atoms with E-state index in [2.05, 4.69) is 41.6 Å². The lowest BCUT2D eigenvalue weighted by Crippen LogP contribution is -2.06. The minimum Gasteiger partial charge on any atom is -0.369 e. The van der Waals surface area contributed by atoms with E-state index in [0.717, 1.165) is 13.0 Å². The summed E-state index contributed by atoms with van der Waals surface area (Å²) in [5.74, 6) is 1.32. The molecule has 0 fully saturated rings. The molecule has 20 heavy (non-hydrogen) atoms. The van der Waals surface area contributed by atoms with Gasteiger partial charge in [-0.15, -0.1) is 11.3 Å². The lowest BCUT2D eigenvalue weighted by Gasteiger charge is -2.11. The van der Waals surface area contributed by atoms with Crippen LogP contribution in [0.5, 0.6) is 0 Å². The third-order valence-electron chi connectivity index (χ3n) is 2.70. The Hall–Kier alpha value is -0.970. The molecule has 0 aliphatic carbocycles. The molecular formula is C14H17Cl2N3S. The van der Waals surface area contributed by atoms with Crippen LogP contribution in [-0.2, 0) is 6.54 Å². The number of hydrogen-bond acceptors (Lipinski definition) is 4. The molecule has 2 rings (SSSR count). The summed E-state index contributed by atoms with van der Waals surface area (Å²) >= 11 is 14.1. The first-order chi connectivity index (χ1) is 9.60. The van der Waals surface area contributed by atoms with Crippen LogP contribution in [-0.4, -0.2) is 11.5 Å². The monoisotopic (exact) mass is 329 g/mol. The van der Waals surface area contributed by atoms with E-state index in [4.69, 9.17) is 23.2 Å². The maximum absolute atomic E-state index is 6.17.